The summed E-state index contributed by atoms with van der Waals surface area (Å²) in [7, 11) is 1.61. The van der Waals surface area contributed by atoms with Crippen LogP contribution in [-0.4, -0.2) is 20.7 Å². The average molecular weight is 442 g/mol. The molecular weight excluding hydrogens is 415 g/mol. The van der Waals surface area contributed by atoms with Crippen molar-refractivity contribution >= 4 is 17.7 Å². The molecule has 1 N–H and O–H groups in total. The summed E-state index contributed by atoms with van der Waals surface area (Å²) < 4.78 is 40.1. The number of halogens is 3. The van der Waals surface area contributed by atoms with Crippen LogP contribution in [0.3, 0.4) is 0 Å². The minimum Gasteiger partial charge on any atom is -0.351 e. The van der Waals surface area contributed by atoms with Gasteiger partial charge in [0.1, 0.15) is 0 Å². The number of hydrogen-bond acceptors (Lipinski definition) is 4. The van der Waals surface area contributed by atoms with Crippen molar-refractivity contribution < 1.29 is 18.0 Å². The first-order valence-electron chi connectivity index (χ1n) is 9.83. The summed E-state index contributed by atoms with van der Waals surface area (Å²) in [6.45, 7) is 3.90. The zero-order valence-corrected chi connectivity index (χ0v) is 18.1. The Morgan fingerprint density at radius 1 is 1.27 bits per heavy atom. The standard InChI is InChI=1S/C21H26F3N3O2S/c1-4-6-10-17(30-20-26-16(5-2)12-18(28)27(20)3)19(29)25-13-14-8-7-9-15(11-14)21(22,23)24/h7-9,11-12,17H,4-6,10,13H2,1-3H3,(H,25,29). The number of nitrogens with one attached hydrogen (secondary N) is 1. The molecule has 164 valence electrons. The fourth-order valence-corrected chi connectivity index (χ4v) is 3.92. The quantitative estimate of drug-likeness (QED) is 0.465. The topological polar surface area (TPSA) is 64.0 Å². The summed E-state index contributed by atoms with van der Waals surface area (Å²) in [5.41, 5.74) is 0.0832. The lowest BCUT2D eigenvalue weighted by Gasteiger charge is -2.18. The molecule has 1 unspecified atom stereocenters. The monoisotopic (exact) mass is 441 g/mol. The molecule has 1 amide bonds. The molecule has 0 aliphatic carbocycles. The van der Waals surface area contributed by atoms with Crippen molar-refractivity contribution in [3.8, 4) is 0 Å². The molecule has 1 heterocycles. The number of carbonyl (C=O) groups is 1. The zero-order valence-electron chi connectivity index (χ0n) is 17.3. The summed E-state index contributed by atoms with van der Waals surface area (Å²) >= 11 is 1.21. The van der Waals surface area contributed by atoms with Crippen LogP contribution in [0.25, 0.3) is 0 Å². The normalized spacial score (nSPS) is 12.6. The molecule has 30 heavy (non-hydrogen) atoms. The molecule has 0 saturated heterocycles. The summed E-state index contributed by atoms with van der Waals surface area (Å²) in [4.78, 5) is 29.4. The Balaban J connectivity index is 2.15. The maximum atomic E-state index is 12.9. The fraction of sp³-hybridized carbons (Fsp3) is 0.476. The van der Waals surface area contributed by atoms with Gasteiger partial charge in [-0.2, -0.15) is 13.2 Å². The molecule has 0 bridgehead atoms. The van der Waals surface area contributed by atoms with Crippen LogP contribution in [0.1, 0.15) is 49.9 Å². The van der Waals surface area contributed by atoms with E-state index in [0.717, 1.165) is 25.0 Å². The molecule has 5 nitrogen and oxygen atoms in total. The van der Waals surface area contributed by atoms with Gasteiger partial charge in [-0.15, -0.1) is 0 Å². The number of hydrogen-bond donors (Lipinski definition) is 1. The first-order chi connectivity index (χ1) is 14.2. The predicted molar refractivity (Wildman–Crippen MR) is 111 cm³/mol. The van der Waals surface area contributed by atoms with Crippen molar-refractivity contribution in [2.24, 2.45) is 7.05 Å². The SMILES string of the molecule is CCCCC(Sc1nc(CC)cc(=O)n1C)C(=O)NCc1cccc(C(F)(F)F)c1. The third kappa shape index (κ3) is 6.62. The number of nitrogens with zero attached hydrogens (tertiary/aromatic N) is 2. The minimum absolute atomic E-state index is 0.00665. The van der Waals surface area contributed by atoms with E-state index >= 15 is 0 Å². The molecule has 0 fully saturated rings. The average Bonchev–Trinajstić information content (AvgIpc) is 2.71. The van der Waals surface area contributed by atoms with Crippen LogP contribution in [0, 0.1) is 0 Å². The van der Waals surface area contributed by atoms with Crippen LogP contribution in [0.4, 0.5) is 13.2 Å². The second-order valence-electron chi connectivity index (χ2n) is 6.95. The predicted octanol–water partition coefficient (Wildman–Crippen LogP) is 4.33. The van der Waals surface area contributed by atoms with E-state index in [1.165, 1.54) is 28.5 Å². The number of thioether (sulfide) groups is 1. The molecule has 1 aromatic carbocycles. The van der Waals surface area contributed by atoms with Crippen molar-refractivity contribution in [3.05, 3.63) is 57.5 Å². The van der Waals surface area contributed by atoms with E-state index in [-0.39, 0.29) is 18.0 Å². The number of amides is 1. The number of benzene rings is 1. The maximum Gasteiger partial charge on any atom is 0.416 e. The van der Waals surface area contributed by atoms with Gasteiger partial charge < -0.3 is 5.32 Å². The molecule has 1 atom stereocenters. The first-order valence-corrected chi connectivity index (χ1v) is 10.7. The van der Waals surface area contributed by atoms with E-state index in [9.17, 15) is 22.8 Å². The number of aryl methyl sites for hydroxylation is 1. The Labute approximate surface area is 178 Å². The van der Waals surface area contributed by atoms with Gasteiger partial charge >= 0.3 is 6.18 Å². The Bertz CT molecular complexity index is 928. The number of rotatable bonds is 9. The van der Waals surface area contributed by atoms with E-state index in [2.05, 4.69) is 10.3 Å². The van der Waals surface area contributed by atoms with E-state index in [4.69, 9.17) is 0 Å². The molecule has 0 aliphatic heterocycles. The lowest BCUT2D eigenvalue weighted by molar-refractivity contribution is -0.137. The lowest BCUT2D eigenvalue weighted by Crippen LogP contribution is -2.33. The van der Waals surface area contributed by atoms with Gasteiger partial charge in [0.15, 0.2) is 5.16 Å². The Morgan fingerprint density at radius 3 is 2.63 bits per heavy atom. The Kier molecular flexibility index (Phi) is 8.52. The summed E-state index contributed by atoms with van der Waals surface area (Å²) in [6, 6.07) is 6.37. The molecular formula is C21H26F3N3O2S. The smallest absolute Gasteiger partial charge is 0.351 e. The highest BCUT2D eigenvalue weighted by Crippen LogP contribution is 2.29. The van der Waals surface area contributed by atoms with Crippen molar-refractivity contribution in [2.45, 2.75) is 62.7 Å². The van der Waals surface area contributed by atoms with Crippen LogP contribution in [0.2, 0.25) is 0 Å². The second-order valence-corrected chi connectivity index (χ2v) is 8.12. The molecule has 1 aromatic heterocycles. The lowest BCUT2D eigenvalue weighted by atomic mass is 10.1. The van der Waals surface area contributed by atoms with Gasteiger partial charge in [-0.3, -0.25) is 14.2 Å². The Hall–Kier alpha value is -2.29. The zero-order chi connectivity index (χ0) is 22.3. The van der Waals surface area contributed by atoms with Crippen LogP contribution < -0.4 is 10.9 Å². The van der Waals surface area contributed by atoms with Crippen LogP contribution in [-0.2, 0) is 31.0 Å². The van der Waals surface area contributed by atoms with E-state index in [1.54, 1.807) is 13.1 Å². The molecule has 0 saturated carbocycles. The number of alkyl halides is 3. The highest BCUT2D eigenvalue weighted by Gasteiger charge is 2.30. The van der Waals surface area contributed by atoms with Crippen molar-refractivity contribution in [1.82, 2.24) is 14.9 Å². The number of aromatic nitrogens is 2. The minimum atomic E-state index is -4.43. The molecule has 2 rings (SSSR count). The van der Waals surface area contributed by atoms with Gasteiger partial charge in [-0.25, -0.2) is 4.98 Å². The van der Waals surface area contributed by atoms with Crippen molar-refractivity contribution in [3.63, 3.8) is 0 Å². The third-order valence-electron chi connectivity index (χ3n) is 4.59. The van der Waals surface area contributed by atoms with Gasteiger partial charge in [0, 0.05) is 25.4 Å². The van der Waals surface area contributed by atoms with Crippen LogP contribution in [0.5, 0.6) is 0 Å². The van der Waals surface area contributed by atoms with Gasteiger partial charge in [-0.05, 0) is 30.5 Å². The highest BCUT2D eigenvalue weighted by atomic mass is 32.2. The van der Waals surface area contributed by atoms with E-state index in [1.807, 2.05) is 13.8 Å². The largest absolute Gasteiger partial charge is 0.416 e. The van der Waals surface area contributed by atoms with E-state index < -0.39 is 17.0 Å². The Morgan fingerprint density at radius 2 is 2.00 bits per heavy atom. The molecule has 0 aliphatic rings. The highest BCUT2D eigenvalue weighted by molar-refractivity contribution is 8.00. The summed E-state index contributed by atoms with van der Waals surface area (Å²) in [6.07, 6.45) is -1.57. The third-order valence-corrected chi connectivity index (χ3v) is 5.90. The van der Waals surface area contributed by atoms with Gasteiger partial charge in [0.2, 0.25) is 5.91 Å². The van der Waals surface area contributed by atoms with Crippen LogP contribution in [0.15, 0.2) is 40.3 Å². The van der Waals surface area contributed by atoms with Crippen molar-refractivity contribution in [2.75, 3.05) is 0 Å². The maximum absolute atomic E-state index is 12.9. The number of carbonyl (C=O) groups excluding carboxylic acids is 1. The molecule has 0 spiro atoms. The summed E-state index contributed by atoms with van der Waals surface area (Å²) in [5.74, 6) is -0.290. The number of unbranched alkanes of at least 4 members (excludes halogenated alkanes) is 1. The molecule has 0 radical (unpaired) electrons. The van der Waals surface area contributed by atoms with Gasteiger partial charge in [-0.1, -0.05) is 50.6 Å². The fourth-order valence-electron chi connectivity index (χ4n) is 2.77. The van der Waals surface area contributed by atoms with Crippen molar-refractivity contribution in [1.29, 1.82) is 0 Å². The van der Waals surface area contributed by atoms with Crippen LogP contribution >= 0.6 is 11.8 Å². The summed E-state index contributed by atoms with van der Waals surface area (Å²) in [5, 5.41) is 2.68. The molecule has 9 heteroatoms. The second kappa shape index (κ2) is 10.7. The van der Waals surface area contributed by atoms with Gasteiger partial charge in [0.05, 0.1) is 10.8 Å². The van der Waals surface area contributed by atoms with E-state index in [0.29, 0.717) is 29.3 Å². The van der Waals surface area contributed by atoms with Gasteiger partial charge in [0.25, 0.3) is 5.56 Å². The first kappa shape index (κ1) is 24.0. The molecule has 2 aromatic rings.